The maximum atomic E-state index is 13.8. The maximum Gasteiger partial charge on any atom is 0.423 e. The third kappa shape index (κ3) is 29.8. The van der Waals surface area contributed by atoms with Gasteiger partial charge in [0.15, 0.2) is 35.0 Å². The number of hydrazone groups is 1. The zero-order valence-electron chi connectivity index (χ0n) is 60.3. The molecule has 2 aromatic carbocycles. The van der Waals surface area contributed by atoms with Crippen LogP contribution in [0.15, 0.2) is 66.0 Å². The molecule has 6 saturated heterocycles. The number of nitrogens with two attached hydrogens (primary N) is 2. The average Bonchev–Trinajstić information content (AvgIpc) is 1.59. The number of alkyl halides is 4. The standard InChI is InChI=1S/C18H15ClF2N6O.C10H10Cl2N4O.C8H6F2N2.C6H15BN2O2.C6H13BN2O2.C5HCl3N2O.C5H12N2O.C5H8O2.CH7BN2O/c19-18-24-15(26-13-4-2-1-3-12(13)23-17(26)14(20)21)11-9-22-27(16(11)25-18)10-5-7-28-8-6-10;11-8-7-5-13-16(6-1-3-17-4-2-6)9(7)15-10(12)14-8;9-7(10)8-11-5-3-1-2-4-6(5)12-8;2*1-7(10)9-8-6-2-4-11-5-3-6;6-3-2(1-11)4(7)10-5(8)9-3;6-7-5-1-3-8-4-2-5;6-5-1-3-7-4-2-5;1-2(5)4-3/h1-4,9-10,14H,5-8H2;5-6H,1-4H2;1-4,7H,(H,11,12);6,8-10H,2-5H2,1H3;9-10H,2-5H2,1H3;1H;5,7H,1-4,6H2;1-4H2;4-5H,3H2,1H3. The number of nitrogens with zero attached hydrogens (tertiary/aromatic N) is 14. The predicted molar refractivity (Wildman–Crippen MR) is 413 cm³/mol. The summed E-state index contributed by atoms with van der Waals surface area (Å²) >= 11 is 34.3. The fourth-order valence-electron chi connectivity index (χ4n) is 10.7. The Morgan fingerprint density at radius 3 is 1.50 bits per heavy atom. The first-order chi connectivity index (χ1) is 53.0. The van der Waals surface area contributed by atoms with Crippen LogP contribution in [0.3, 0.4) is 0 Å². The quantitative estimate of drug-likeness (QED) is 0.00974. The van der Waals surface area contributed by atoms with Gasteiger partial charge >= 0.3 is 21.2 Å². The number of H-pyrrole nitrogens is 1. The first-order valence-corrected chi connectivity index (χ1v) is 37.3. The fraction of sp³-hybridized carbons (Fsp3) is 0.516. The zero-order chi connectivity index (χ0) is 79.5. The highest BCUT2D eigenvalue weighted by Gasteiger charge is 2.28. The summed E-state index contributed by atoms with van der Waals surface area (Å²) in [5.74, 6) is 9.80. The van der Waals surface area contributed by atoms with Crippen LogP contribution >= 0.6 is 69.6 Å². The number of fused-ring (bicyclic) bond motifs is 4. The van der Waals surface area contributed by atoms with E-state index in [9.17, 15) is 27.2 Å². The van der Waals surface area contributed by atoms with Gasteiger partial charge in [0.2, 0.25) is 15.9 Å². The third-order valence-corrected chi connectivity index (χ3v) is 17.7. The Hall–Kier alpha value is -6.58. The zero-order valence-corrected chi connectivity index (χ0v) is 64.9. The van der Waals surface area contributed by atoms with E-state index in [0.29, 0.717) is 113 Å². The summed E-state index contributed by atoms with van der Waals surface area (Å²) in [7, 11) is -1.64. The van der Waals surface area contributed by atoms with Gasteiger partial charge in [-0.25, -0.2) is 56.9 Å². The van der Waals surface area contributed by atoms with Crippen molar-refractivity contribution in [2.45, 2.75) is 135 Å². The van der Waals surface area contributed by atoms with E-state index < -0.39 is 39.8 Å². The lowest BCUT2D eigenvalue weighted by molar-refractivity contribution is -0.124. The van der Waals surface area contributed by atoms with E-state index in [-0.39, 0.29) is 49.4 Å². The number of ether oxygens (including phenoxy) is 6. The highest BCUT2D eigenvalue weighted by Crippen LogP contribution is 2.34. The highest BCUT2D eigenvalue weighted by atomic mass is 35.5. The molecule has 33 nitrogen and oxygen atoms in total. The van der Waals surface area contributed by atoms with Crippen LogP contribution in [0.4, 0.5) is 17.6 Å². The lowest BCUT2D eigenvalue weighted by Gasteiger charge is -2.23. The minimum atomic E-state index is -2.78. The van der Waals surface area contributed by atoms with Crippen LogP contribution in [-0.4, -0.2) is 214 Å². The summed E-state index contributed by atoms with van der Waals surface area (Å²) in [5.41, 5.74) is 10.3. The molecule has 9 aromatic rings. The molecule has 0 aliphatic carbocycles. The molecule has 6 aliphatic rings. The molecular formula is C64H87B3Cl6F4N22O11. The Morgan fingerprint density at radius 2 is 1.03 bits per heavy atom. The molecule has 13 N–H and O–H groups in total. The van der Waals surface area contributed by atoms with Crippen molar-refractivity contribution in [3.63, 3.8) is 0 Å². The number of hydrogen-bond donors (Lipinski definition) is 11. The van der Waals surface area contributed by atoms with Crippen molar-refractivity contribution in [2.75, 3.05) is 79.3 Å². The molecule has 15 rings (SSSR count). The van der Waals surface area contributed by atoms with E-state index in [1.54, 1.807) is 86.1 Å². The van der Waals surface area contributed by atoms with Gasteiger partial charge in [-0.2, -0.15) is 25.1 Å². The largest absolute Gasteiger partial charge is 0.437 e. The minimum Gasteiger partial charge on any atom is -0.437 e. The molecule has 6 fully saturated rings. The Labute approximate surface area is 661 Å². The van der Waals surface area contributed by atoms with Gasteiger partial charge in [-0.1, -0.05) is 59.1 Å². The van der Waals surface area contributed by atoms with Crippen molar-refractivity contribution in [1.82, 2.24) is 95.8 Å². The second kappa shape index (κ2) is 48.5. The second-order valence-electron chi connectivity index (χ2n) is 24.6. The highest BCUT2D eigenvalue weighted by molar-refractivity contribution is 6.46. The molecular weight excluding hydrogens is 1570 g/mol. The number of Topliss-reactive ketones (excluding diaryl/α,β-unsaturated/α-hetero) is 1. The molecule has 0 radical (unpaired) electrons. The lowest BCUT2D eigenvalue weighted by Crippen LogP contribution is -2.49. The molecule has 46 heteroatoms. The van der Waals surface area contributed by atoms with Crippen molar-refractivity contribution >= 4 is 153 Å². The van der Waals surface area contributed by atoms with Gasteiger partial charge in [0, 0.05) is 96.3 Å². The molecule has 0 spiro atoms. The van der Waals surface area contributed by atoms with Gasteiger partial charge in [-0.15, -0.1) is 0 Å². The molecule has 6 aliphatic heterocycles. The number of hydrazine groups is 3. The number of aromatic amines is 1. The molecule has 598 valence electrons. The molecule has 0 saturated carbocycles. The van der Waals surface area contributed by atoms with Crippen LogP contribution < -0.4 is 38.5 Å². The maximum absolute atomic E-state index is 13.8. The summed E-state index contributed by atoms with van der Waals surface area (Å²) in [6.45, 7) is 13.8. The first-order valence-electron chi connectivity index (χ1n) is 35.0. The monoisotopic (exact) mass is 1660 g/mol. The minimum absolute atomic E-state index is 0.0330. The number of rotatable bonds is 13. The molecule has 110 heavy (non-hydrogen) atoms. The Morgan fingerprint density at radius 1 is 0.564 bits per heavy atom. The van der Waals surface area contributed by atoms with E-state index in [0.717, 1.165) is 128 Å². The van der Waals surface area contributed by atoms with Crippen molar-refractivity contribution < 1.29 is 70.6 Å². The van der Waals surface area contributed by atoms with E-state index in [4.69, 9.17) is 119 Å². The fourth-order valence-corrected chi connectivity index (χ4v) is 12.1. The van der Waals surface area contributed by atoms with Gasteiger partial charge in [-0.05, 0) is 131 Å². The van der Waals surface area contributed by atoms with Crippen LogP contribution in [-0.2, 0) is 33.2 Å². The smallest absolute Gasteiger partial charge is 0.423 e. The van der Waals surface area contributed by atoms with Gasteiger partial charge in [-0.3, -0.25) is 47.4 Å². The summed E-state index contributed by atoms with van der Waals surface area (Å²) in [6.07, 6.45) is 9.02. The Balaban J connectivity index is 0.000000181. The number of aldehydes is 1. The number of halogens is 10. The van der Waals surface area contributed by atoms with E-state index in [2.05, 4.69) is 92.9 Å². The van der Waals surface area contributed by atoms with Crippen molar-refractivity contribution in [2.24, 2.45) is 16.8 Å². The van der Waals surface area contributed by atoms with Gasteiger partial charge in [0.1, 0.15) is 21.2 Å². The predicted octanol–water partition coefficient (Wildman–Crippen LogP) is 9.12. The number of nitrogens with one attached hydrogen (secondary N) is 6. The van der Waals surface area contributed by atoms with Crippen LogP contribution in [0.2, 0.25) is 51.8 Å². The summed E-state index contributed by atoms with van der Waals surface area (Å²) < 4.78 is 87.8. The van der Waals surface area contributed by atoms with Crippen LogP contribution in [0, 0.1) is 0 Å². The number of para-hydroxylation sites is 4. The van der Waals surface area contributed by atoms with Gasteiger partial charge < -0.3 is 53.8 Å². The number of carbonyl (C=O) groups is 2. The molecule has 0 amide bonds. The van der Waals surface area contributed by atoms with Crippen LogP contribution in [0.5, 0.6) is 0 Å². The number of aromatic nitrogens is 14. The Bertz CT molecular complexity index is 4210. The van der Waals surface area contributed by atoms with E-state index >= 15 is 0 Å². The molecule has 0 bridgehead atoms. The molecule has 13 heterocycles. The van der Waals surface area contributed by atoms with Crippen molar-refractivity contribution in [1.29, 1.82) is 0 Å². The van der Waals surface area contributed by atoms with Gasteiger partial charge in [0.05, 0.1) is 89.3 Å². The SMILES string of the molecule is CB(O)NN.CB(O)NN=C1CCOCC1.CB(O)NNC1CCOCC1.Clc1nc(Cl)c2cnn(C3CCOCC3)c2n1.FC(F)c1nc2ccccc2[nH]1.FC(F)c1nc2ccccc2n1-c1nc(Cl)nc2c1cnn2C1CCOCC1.NNC1CCOCC1.O=C1CCOCC1.O=Cc1c(Cl)nc(Cl)nc1Cl. The van der Waals surface area contributed by atoms with E-state index in [1.807, 2.05) is 4.68 Å². The van der Waals surface area contributed by atoms with Crippen LogP contribution in [0.1, 0.15) is 124 Å². The number of ketones is 1. The van der Waals surface area contributed by atoms with Crippen LogP contribution in [0.25, 0.3) is 50.0 Å². The van der Waals surface area contributed by atoms with Gasteiger partial charge in [0.25, 0.3) is 12.9 Å². The van der Waals surface area contributed by atoms with E-state index in [1.165, 1.54) is 4.57 Å². The van der Waals surface area contributed by atoms with Crippen molar-refractivity contribution in [3.05, 3.63) is 109 Å². The average molecular weight is 1660 g/mol. The normalized spacial score (nSPS) is 16.3. The summed E-state index contributed by atoms with van der Waals surface area (Å²) in [5, 5.41) is 47.7. The summed E-state index contributed by atoms with van der Waals surface area (Å²) in [4.78, 5) is 54.7. The first kappa shape index (κ1) is 90.6. The second-order valence-corrected chi connectivity index (χ2v) is 26.7. The number of hydrogen-bond acceptors (Lipinski definition) is 29. The number of benzene rings is 2. The molecule has 0 unspecified atom stereocenters. The Kier molecular flexibility index (Phi) is 39.9. The summed E-state index contributed by atoms with van der Waals surface area (Å²) in [6, 6.07) is 15.2. The number of carbonyl (C=O) groups excluding carboxylic acids is 2. The molecule has 7 aromatic heterocycles. The lowest BCUT2D eigenvalue weighted by atomic mass is 9.91. The molecule has 0 atom stereocenters. The third-order valence-electron chi connectivity index (χ3n) is 16.4. The number of imidazole rings is 2. The van der Waals surface area contributed by atoms with Crippen molar-refractivity contribution in [3.8, 4) is 5.82 Å². The topological polar surface area (TPSA) is 434 Å².